The molecule has 0 saturated carbocycles. The van der Waals surface area contributed by atoms with E-state index >= 15 is 0 Å². The Labute approximate surface area is 118 Å². The summed E-state index contributed by atoms with van der Waals surface area (Å²) < 4.78 is 11.8. The van der Waals surface area contributed by atoms with Crippen LogP contribution < -0.4 is 0 Å². The minimum absolute atomic E-state index is 0.314. The van der Waals surface area contributed by atoms with Gasteiger partial charge in [0.2, 0.25) is 5.82 Å². The van der Waals surface area contributed by atoms with E-state index in [-0.39, 0.29) is 0 Å². The van der Waals surface area contributed by atoms with Gasteiger partial charge < -0.3 is 9.15 Å². The number of hydrogen-bond donors (Lipinski definition) is 0. The number of methoxy groups -OCH3 is 1. The number of fused-ring (bicyclic) bond motifs is 1. The highest BCUT2D eigenvalue weighted by Gasteiger charge is 2.17. The fraction of sp³-hybridized carbons (Fsp3) is 0.154. The molecule has 3 heterocycles. The van der Waals surface area contributed by atoms with Gasteiger partial charge in [-0.15, -0.1) is 10.2 Å². The SMILES string of the molecule is COC(=O)c1cc(Cl)c2nnc(-c3ccc(C)o3)n2c1. The summed E-state index contributed by atoms with van der Waals surface area (Å²) in [7, 11) is 1.31. The molecule has 6 nitrogen and oxygen atoms in total. The van der Waals surface area contributed by atoms with Gasteiger partial charge in [0, 0.05) is 6.20 Å². The van der Waals surface area contributed by atoms with E-state index in [1.165, 1.54) is 13.2 Å². The van der Waals surface area contributed by atoms with Crippen LogP contribution in [0, 0.1) is 6.92 Å². The molecule has 0 spiro atoms. The fourth-order valence-electron chi connectivity index (χ4n) is 1.91. The van der Waals surface area contributed by atoms with Gasteiger partial charge in [0.25, 0.3) is 0 Å². The van der Waals surface area contributed by atoms with Gasteiger partial charge in [0.1, 0.15) is 5.76 Å². The molecule has 0 aliphatic rings. The molecule has 0 bridgehead atoms. The highest BCUT2D eigenvalue weighted by molar-refractivity contribution is 6.33. The number of hydrogen-bond acceptors (Lipinski definition) is 5. The van der Waals surface area contributed by atoms with E-state index in [1.54, 1.807) is 16.7 Å². The Bertz CT molecular complexity index is 806. The normalized spacial score (nSPS) is 10.9. The molecule has 0 saturated heterocycles. The van der Waals surface area contributed by atoms with Crippen LogP contribution >= 0.6 is 11.6 Å². The van der Waals surface area contributed by atoms with Crippen LogP contribution in [0.3, 0.4) is 0 Å². The van der Waals surface area contributed by atoms with E-state index < -0.39 is 5.97 Å². The molecule has 0 unspecified atom stereocenters. The first-order valence-electron chi connectivity index (χ1n) is 5.79. The lowest BCUT2D eigenvalue weighted by molar-refractivity contribution is 0.0600. The van der Waals surface area contributed by atoms with Gasteiger partial charge in [0.05, 0.1) is 17.7 Å². The predicted octanol–water partition coefficient (Wildman–Crippen LogP) is 2.74. The minimum Gasteiger partial charge on any atom is -0.465 e. The third-order valence-electron chi connectivity index (χ3n) is 2.84. The van der Waals surface area contributed by atoms with Gasteiger partial charge in [-0.25, -0.2) is 4.79 Å². The second-order valence-corrected chi connectivity index (χ2v) is 4.60. The van der Waals surface area contributed by atoms with E-state index in [1.807, 2.05) is 13.0 Å². The molecule has 0 aliphatic heterocycles. The van der Waals surface area contributed by atoms with Crippen molar-refractivity contribution in [3.63, 3.8) is 0 Å². The Morgan fingerprint density at radius 3 is 2.85 bits per heavy atom. The summed E-state index contributed by atoms with van der Waals surface area (Å²) in [5, 5.41) is 8.36. The minimum atomic E-state index is -0.482. The van der Waals surface area contributed by atoms with Crippen LogP contribution in [0.5, 0.6) is 0 Å². The van der Waals surface area contributed by atoms with Crippen molar-refractivity contribution in [2.45, 2.75) is 6.92 Å². The standard InChI is InChI=1S/C13H10ClN3O3/c1-7-3-4-10(20-7)12-16-15-11-9(14)5-8(6-17(11)12)13(18)19-2/h3-6H,1-2H3. The first-order valence-corrected chi connectivity index (χ1v) is 6.17. The molecule has 0 N–H and O–H groups in total. The van der Waals surface area contributed by atoms with Gasteiger partial charge in [-0.3, -0.25) is 4.40 Å². The lowest BCUT2D eigenvalue weighted by Crippen LogP contribution is -2.03. The van der Waals surface area contributed by atoms with E-state index in [0.29, 0.717) is 27.8 Å². The number of carbonyl (C=O) groups is 1. The van der Waals surface area contributed by atoms with Crippen molar-refractivity contribution < 1.29 is 13.9 Å². The van der Waals surface area contributed by atoms with Crippen LogP contribution in [-0.4, -0.2) is 27.7 Å². The molecule has 0 aliphatic carbocycles. The number of aryl methyl sites for hydroxylation is 1. The summed E-state index contributed by atoms with van der Waals surface area (Å²) in [5.74, 6) is 1.30. The Kier molecular flexibility index (Phi) is 2.94. The van der Waals surface area contributed by atoms with Gasteiger partial charge >= 0.3 is 5.97 Å². The number of pyridine rings is 1. The second kappa shape index (κ2) is 4.64. The summed E-state index contributed by atoms with van der Waals surface area (Å²) in [4.78, 5) is 11.6. The molecule has 0 fully saturated rings. The topological polar surface area (TPSA) is 69.6 Å². The maximum atomic E-state index is 11.6. The number of aromatic nitrogens is 3. The summed E-state index contributed by atoms with van der Waals surface area (Å²) in [6.07, 6.45) is 1.57. The number of ether oxygens (including phenoxy) is 1. The van der Waals surface area contributed by atoms with Crippen molar-refractivity contribution in [2.24, 2.45) is 0 Å². The summed E-state index contributed by atoms with van der Waals surface area (Å²) in [5.41, 5.74) is 0.762. The van der Waals surface area contributed by atoms with Gasteiger partial charge in [-0.05, 0) is 25.1 Å². The molecule has 0 atom stereocenters. The highest BCUT2D eigenvalue weighted by Crippen LogP contribution is 2.25. The predicted molar refractivity (Wildman–Crippen MR) is 71.8 cm³/mol. The molecule has 0 radical (unpaired) electrons. The molecule has 3 aromatic rings. The van der Waals surface area contributed by atoms with Crippen LogP contribution in [0.1, 0.15) is 16.1 Å². The van der Waals surface area contributed by atoms with Crippen molar-refractivity contribution >= 4 is 23.2 Å². The third kappa shape index (κ3) is 1.94. The smallest absolute Gasteiger partial charge is 0.339 e. The molecular formula is C13H10ClN3O3. The summed E-state index contributed by atoms with van der Waals surface area (Å²) in [6, 6.07) is 5.10. The Balaban J connectivity index is 2.24. The Hall–Kier alpha value is -2.34. The molecule has 20 heavy (non-hydrogen) atoms. The number of nitrogens with zero attached hydrogens (tertiary/aromatic N) is 3. The lowest BCUT2D eigenvalue weighted by Gasteiger charge is -2.03. The van der Waals surface area contributed by atoms with Crippen molar-refractivity contribution in [2.75, 3.05) is 7.11 Å². The quantitative estimate of drug-likeness (QED) is 0.679. The average Bonchev–Trinajstić information content (AvgIpc) is 3.03. The first-order chi connectivity index (χ1) is 9.60. The third-order valence-corrected chi connectivity index (χ3v) is 3.12. The molecule has 0 aromatic carbocycles. The molecule has 3 rings (SSSR count). The maximum Gasteiger partial charge on any atom is 0.339 e. The lowest BCUT2D eigenvalue weighted by atomic mass is 10.3. The molecular weight excluding hydrogens is 282 g/mol. The zero-order valence-electron chi connectivity index (χ0n) is 10.8. The summed E-state index contributed by atoms with van der Waals surface area (Å²) in [6.45, 7) is 1.83. The van der Waals surface area contributed by atoms with Gasteiger partial charge in [-0.2, -0.15) is 0 Å². The van der Waals surface area contributed by atoms with Crippen molar-refractivity contribution in [3.05, 3.63) is 40.7 Å². The van der Waals surface area contributed by atoms with Crippen LogP contribution in [0.2, 0.25) is 5.02 Å². The van der Waals surface area contributed by atoms with Crippen molar-refractivity contribution in [1.29, 1.82) is 0 Å². The van der Waals surface area contributed by atoms with Crippen LogP contribution in [0.15, 0.2) is 28.8 Å². The van der Waals surface area contributed by atoms with E-state index in [2.05, 4.69) is 10.2 Å². The number of furan rings is 1. The average molecular weight is 292 g/mol. The van der Waals surface area contributed by atoms with Gasteiger partial charge in [-0.1, -0.05) is 11.6 Å². The Morgan fingerprint density at radius 2 is 2.20 bits per heavy atom. The maximum absolute atomic E-state index is 11.6. The van der Waals surface area contributed by atoms with Crippen LogP contribution in [0.4, 0.5) is 0 Å². The number of rotatable bonds is 2. The zero-order valence-corrected chi connectivity index (χ0v) is 11.5. The molecule has 0 amide bonds. The van der Waals surface area contributed by atoms with E-state index in [0.717, 1.165) is 5.76 Å². The van der Waals surface area contributed by atoms with Crippen LogP contribution in [0.25, 0.3) is 17.2 Å². The number of esters is 1. The summed E-state index contributed by atoms with van der Waals surface area (Å²) >= 11 is 6.11. The zero-order chi connectivity index (χ0) is 14.3. The number of carbonyl (C=O) groups excluding carboxylic acids is 1. The molecule has 7 heteroatoms. The van der Waals surface area contributed by atoms with E-state index in [4.69, 9.17) is 20.8 Å². The highest BCUT2D eigenvalue weighted by atomic mass is 35.5. The van der Waals surface area contributed by atoms with E-state index in [9.17, 15) is 4.79 Å². The van der Waals surface area contributed by atoms with Gasteiger partial charge in [0.15, 0.2) is 11.4 Å². The molecule has 3 aromatic heterocycles. The Morgan fingerprint density at radius 1 is 1.40 bits per heavy atom. The molecule has 102 valence electrons. The number of halogens is 1. The monoisotopic (exact) mass is 291 g/mol. The largest absolute Gasteiger partial charge is 0.465 e. The van der Waals surface area contributed by atoms with Crippen molar-refractivity contribution in [1.82, 2.24) is 14.6 Å². The fourth-order valence-corrected chi connectivity index (χ4v) is 2.15. The second-order valence-electron chi connectivity index (χ2n) is 4.20. The first kappa shape index (κ1) is 12.7. The van der Waals surface area contributed by atoms with Crippen LogP contribution in [-0.2, 0) is 4.74 Å². The van der Waals surface area contributed by atoms with Crippen molar-refractivity contribution in [3.8, 4) is 11.6 Å².